The van der Waals surface area contributed by atoms with E-state index >= 15 is 0 Å². The van der Waals surface area contributed by atoms with Gasteiger partial charge in [0.1, 0.15) is 12.4 Å². The van der Waals surface area contributed by atoms with E-state index in [1.165, 1.54) is 6.08 Å². The Kier molecular flexibility index (Phi) is 9.21. The van der Waals surface area contributed by atoms with Crippen molar-refractivity contribution in [3.63, 3.8) is 0 Å². The standard InChI is InChI=1S/C22H25ClN2O4/c1-3-21(26)24-18-9-5-16(6-10-18)7-12-22(27)25-19-15-17(23)8-11-20(19)29-14-13-28-4-2/h3,5-6,8-11,15H,1,4,7,12-14H2,2H3,(H,24,26)(H,25,27). The summed E-state index contributed by atoms with van der Waals surface area (Å²) >= 11 is 6.05. The summed E-state index contributed by atoms with van der Waals surface area (Å²) in [5.74, 6) is 0.133. The Balaban J connectivity index is 1.89. The number of hydrogen-bond acceptors (Lipinski definition) is 4. The van der Waals surface area contributed by atoms with E-state index in [9.17, 15) is 9.59 Å². The first kappa shape index (κ1) is 22.5. The molecule has 0 atom stereocenters. The van der Waals surface area contributed by atoms with Crippen LogP contribution >= 0.6 is 11.6 Å². The van der Waals surface area contributed by atoms with E-state index < -0.39 is 0 Å². The maximum Gasteiger partial charge on any atom is 0.247 e. The maximum atomic E-state index is 12.4. The lowest BCUT2D eigenvalue weighted by Gasteiger charge is -2.13. The molecule has 0 saturated carbocycles. The summed E-state index contributed by atoms with van der Waals surface area (Å²) in [6.45, 7) is 6.80. The molecular formula is C22H25ClN2O4. The molecule has 2 amide bonds. The molecule has 0 aliphatic rings. The lowest BCUT2D eigenvalue weighted by atomic mass is 10.1. The minimum Gasteiger partial charge on any atom is -0.489 e. The molecule has 2 N–H and O–H groups in total. The van der Waals surface area contributed by atoms with Crippen LogP contribution in [0.25, 0.3) is 0 Å². The fraction of sp³-hybridized carbons (Fsp3) is 0.273. The van der Waals surface area contributed by atoms with Crippen molar-refractivity contribution in [2.24, 2.45) is 0 Å². The van der Waals surface area contributed by atoms with Crippen LogP contribution in [0.4, 0.5) is 11.4 Å². The van der Waals surface area contributed by atoms with Gasteiger partial charge in [-0.25, -0.2) is 0 Å². The molecular weight excluding hydrogens is 392 g/mol. The first-order valence-corrected chi connectivity index (χ1v) is 9.72. The molecule has 154 valence electrons. The highest BCUT2D eigenvalue weighted by Gasteiger charge is 2.10. The predicted molar refractivity (Wildman–Crippen MR) is 116 cm³/mol. The van der Waals surface area contributed by atoms with Gasteiger partial charge in [0.2, 0.25) is 11.8 Å². The number of anilines is 2. The van der Waals surface area contributed by atoms with E-state index in [-0.39, 0.29) is 11.8 Å². The smallest absolute Gasteiger partial charge is 0.247 e. The van der Waals surface area contributed by atoms with Gasteiger partial charge in [-0.1, -0.05) is 30.3 Å². The van der Waals surface area contributed by atoms with Crippen molar-refractivity contribution in [2.45, 2.75) is 19.8 Å². The minimum absolute atomic E-state index is 0.147. The SMILES string of the molecule is C=CC(=O)Nc1ccc(CCC(=O)Nc2cc(Cl)ccc2OCCOCC)cc1. The Morgan fingerprint density at radius 2 is 1.86 bits per heavy atom. The van der Waals surface area contributed by atoms with Crippen LogP contribution in [-0.4, -0.2) is 31.6 Å². The second-order valence-electron chi connectivity index (χ2n) is 6.12. The normalized spacial score (nSPS) is 10.3. The summed E-state index contributed by atoms with van der Waals surface area (Å²) in [6, 6.07) is 12.4. The highest BCUT2D eigenvalue weighted by molar-refractivity contribution is 6.31. The van der Waals surface area contributed by atoms with Crippen LogP contribution in [-0.2, 0) is 20.7 Å². The molecule has 0 fully saturated rings. The van der Waals surface area contributed by atoms with Gasteiger partial charge in [-0.3, -0.25) is 9.59 Å². The average molecular weight is 417 g/mol. The number of halogens is 1. The molecule has 2 aromatic carbocycles. The lowest BCUT2D eigenvalue weighted by Crippen LogP contribution is -2.14. The van der Waals surface area contributed by atoms with Crippen molar-refractivity contribution in [1.82, 2.24) is 0 Å². The quantitative estimate of drug-likeness (QED) is 0.419. The number of carbonyl (C=O) groups excluding carboxylic acids is 2. The molecule has 0 saturated heterocycles. The number of ether oxygens (including phenoxy) is 2. The molecule has 2 aromatic rings. The van der Waals surface area contributed by atoms with Gasteiger partial charge in [0.15, 0.2) is 0 Å². The van der Waals surface area contributed by atoms with Gasteiger partial charge in [0.05, 0.1) is 12.3 Å². The second-order valence-corrected chi connectivity index (χ2v) is 6.56. The zero-order valence-electron chi connectivity index (χ0n) is 16.4. The summed E-state index contributed by atoms with van der Waals surface area (Å²) < 4.78 is 10.9. The molecule has 0 radical (unpaired) electrons. The molecule has 2 rings (SSSR count). The maximum absolute atomic E-state index is 12.4. The summed E-state index contributed by atoms with van der Waals surface area (Å²) in [6.07, 6.45) is 2.06. The largest absolute Gasteiger partial charge is 0.489 e. The topological polar surface area (TPSA) is 76.7 Å². The van der Waals surface area contributed by atoms with Crippen LogP contribution in [0, 0.1) is 0 Å². The van der Waals surface area contributed by atoms with Crippen molar-refractivity contribution in [3.8, 4) is 5.75 Å². The molecule has 0 heterocycles. The number of aryl methyl sites for hydroxylation is 1. The number of rotatable bonds is 11. The first-order chi connectivity index (χ1) is 14.0. The molecule has 0 spiro atoms. The molecule has 6 nitrogen and oxygen atoms in total. The van der Waals surface area contributed by atoms with Crippen molar-refractivity contribution >= 4 is 34.8 Å². The molecule has 0 aromatic heterocycles. The van der Waals surface area contributed by atoms with Crippen LogP contribution in [0.1, 0.15) is 18.9 Å². The third-order valence-corrected chi connectivity index (χ3v) is 4.19. The van der Waals surface area contributed by atoms with Crippen molar-refractivity contribution in [2.75, 3.05) is 30.5 Å². The van der Waals surface area contributed by atoms with Crippen molar-refractivity contribution in [1.29, 1.82) is 0 Å². The van der Waals surface area contributed by atoms with Crippen LogP contribution in [0.2, 0.25) is 5.02 Å². The van der Waals surface area contributed by atoms with Gasteiger partial charge in [-0.15, -0.1) is 0 Å². The van der Waals surface area contributed by atoms with Gasteiger partial charge in [0.25, 0.3) is 0 Å². The van der Waals surface area contributed by atoms with Crippen LogP contribution < -0.4 is 15.4 Å². The van der Waals surface area contributed by atoms with Crippen molar-refractivity contribution in [3.05, 3.63) is 65.7 Å². The Morgan fingerprint density at radius 3 is 2.55 bits per heavy atom. The summed E-state index contributed by atoms with van der Waals surface area (Å²) in [7, 11) is 0. The number of benzene rings is 2. The second kappa shape index (κ2) is 11.9. The highest BCUT2D eigenvalue weighted by atomic mass is 35.5. The van der Waals surface area contributed by atoms with Crippen LogP contribution in [0.5, 0.6) is 5.75 Å². The summed E-state index contributed by atoms with van der Waals surface area (Å²) in [5.41, 5.74) is 2.19. The number of nitrogens with one attached hydrogen (secondary N) is 2. The number of carbonyl (C=O) groups is 2. The third kappa shape index (κ3) is 7.97. The van der Waals surface area contributed by atoms with Gasteiger partial charge in [-0.05, 0) is 55.3 Å². The first-order valence-electron chi connectivity index (χ1n) is 9.34. The van der Waals surface area contributed by atoms with Crippen LogP contribution in [0.3, 0.4) is 0 Å². The highest BCUT2D eigenvalue weighted by Crippen LogP contribution is 2.28. The molecule has 7 heteroatoms. The third-order valence-electron chi connectivity index (χ3n) is 3.95. The van der Waals surface area contributed by atoms with Gasteiger partial charge >= 0.3 is 0 Å². The molecule has 0 aliphatic carbocycles. The van der Waals surface area contributed by atoms with E-state index in [1.54, 1.807) is 30.3 Å². The zero-order valence-corrected chi connectivity index (χ0v) is 17.1. The van der Waals surface area contributed by atoms with Crippen LogP contribution in [0.15, 0.2) is 55.1 Å². The van der Waals surface area contributed by atoms with E-state index in [2.05, 4.69) is 17.2 Å². The van der Waals surface area contributed by atoms with E-state index in [4.69, 9.17) is 21.1 Å². The van der Waals surface area contributed by atoms with Crippen molar-refractivity contribution < 1.29 is 19.1 Å². The van der Waals surface area contributed by atoms with E-state index in [0.717, 1.165) is 5.56 Å². The average Bonchev–Trinajstić information content (AvgIpc) is 2.72. The molecule has 0 aliphatic heterocycles. The van der Waals surface area contributed by atoms with Gasteiger partial charge < -0.3 is 20.1 Å². The fourth-order valence-electron chi connectivity index (χ4n) is 2.50. The summed E-state index contributed by atoms with van der Waals surface area (Å²) in [4.78, 5) is 23.7. The summed E-state index contributed by atoms with van der Waals surface area (Å²) in [5, 5.41) is 6.04. The van der Waals surface area contributed by atoms with Gasteiger partial charge in [0, 0.05) is 23.7 Å². The van der Waals surface area contributed by atoms with E-state index in [1.807, 2.05) is 19.1 Å². The Morgan fingerprint density at radius 1 is 1.10 bits per heavy atom. The molecule has 0 bridgehead atoms. The predicted octanol–water partition coefficient (Wildman–Crippen LogP) is 4.45. The molecule has 29 heavy (non-hydrogen) atoms. The van der Waals surface area contributed by atoms with Gasteiger partial charge in [-0.2, -0.15) is 0 Å². The Hall–Kier alpha value is -2.83. The number of amides is 2. The Labute approximate surface area is 175 Å². The molecule has 0 unspecified atom stereocenters. The zero-order chi connectivity index (χ0) is 21.1. The monoisotopic (exact) mass is 416 g/mol. The lowest BCUT2D eigenvalue weighted by molar-refractivity contribution is -0.116. The number of hydrogen-bond donors (Lipinski definition) is 2. The fourth-order valence-corrected chi connectivity index (χ4v) is 2.67. The minimum atomic E-state index is -0.266. The van der Waals surface area contributed by atoms with E-state index in [0.29, 0.717) is 54.8 Å². The Bertz CT molecular complexity index is 837.